The summed E-state index contributed by atoms with van der Waals surface area (Å²) in [6.07, 6.45) is 3.22. The molecule has 2 aliphatic heterocycles. The molecule has 1 saturated heterocycles. The third-order valence-electron chi connectivity index (χ3n) is 5.32. The van der Waals surface area contributed by atoms with E-state index in [1.807, 2.05) is 11.0 Å². The predicted molar refractivity (Wildman–Crippen MR) is 110 cm³/mol. The van der Waals surface area contributed by atoms with Crippen molar-refractivity contribution in [3.8, 4) is 5.75 Å². The zero-order valence-corrected chi connectivity index (χ0v) is 16.7. The fraction of sp³-hybridized carbons (Fsp3) is 0.348. The standard InChI is InChI=1S/C23H24N2O5/c26-21-10-7-18-13-19(8-9-20(18)24-21)29-15-22(27)30-14-16-3-5-17(6-4-16)23(28)25-11-1-2-12-25/h3-6,8-9,13H,1-2,7,10-12,14-15H2,(H,24,26). The Morgan fingerprint density at radius 1 is 1.00 bits per heavy atom. The van der Waals surface area contributed by atoms with Gasteiger partial charge in [-0.3, -0.25) is 9.59 Å². The van der Waals surface area contributed by atoms with Crippen LogP contribution in [0.2, 0.25) is 0 Å². The van der Waals surface area contributed by atoms with Crippen LogP contribution in [0.1, 0.15) is 40.7 Å². The molecule has 2 heterocycles. The fourth-order valence-electron chi connectivity index (χ4n) is 3.64. The summed E-state index contributed by atoms with van der Waals surface area (Å²) in [5, 5.41) is 2.81. The molecule has 1 N–H and O–H groups in total. The number of carbonyl (C=O) groups excluding carboxylic acids is 3. The number of aryl methyl sites for hydroxylation is 1. The van der Waals surface area contributed by atoms with Gasteiger partial charge >= 0.3 is 5.97 Å². The summed E-state index contributed by atoms with van der Waals surface area (Å²) in [7, 11) is 0. The highest BCUT2D eigenvalue weighted by Crippen LogP contribution is 2.26. The maximum Gasteiger partial charge on any atom is 0.344 e. The second kappa shape index (κ2) is 8.98. The SMILES string of the molecule is O=C1CCc2cc(OCC(=O)OCc3ccc(C(=O)N4CCCC4)cc3)ccc2N1. The molecule has 0 spiro atoms. The number of esters is 1. The molecule has 156 valence electrons. The van der Waals surface area contributed by atoms with E-state index in [9.17, 15) is 14.4 Å². The quantitative estimate of drug-likeness (QED) is 0.743. The molecule has 4 rings (SSSR count). The second-order valence-corrected chi connectivity index (χ2v) is 7.51. The van der Waals surface area contributed by atoms with Crippen LogP contribution in [0.25, 0.3) is 0 Å². The van der Waals surface area contributed by atoms with Gasteiger partial charge in [-0.1, -0.05) is 12.1 Å². The van der Waals surface area contributed by atoms with Crippen molar-refractivity contribution in [1.82, 2.24) is 4.90 Å². The highest BCUT2D eigenvalue weighted by molar-refractivity contribution is 5.94. The number of nitrogens with zero attached hydrogens (tertiary/aromatic N) is 1. The molecule has 0 unspecified atom stereocenters. The first-order valence-corrected chi connectivity index (χ1v) is 10.2. The average molecular weight is 408 g/mol. The normalized spacial score (nSPS) is 15.3. The Labute approximate surface area is 175 Å². The molecule has 0 aromatic heterocycles. The molecule has 7 nitrogen and oxygen atoms in total. The summed E-state index contributed by atoms with van der Waals surface area (Å²) >= 11 is 0. The van der Waals surface area contributed by atoms with Gasteiger partial charge < -0.3 is 19.7 Å². The minimum atomic E-state index is -0.474. The van der Waals surface area contributed by atoms with Crippen LogP contribution < -0.4 is 10.1 Å². The van der Waals surface area contributed by atoms with Crippen LogP contribution >= 0.6 is 0 Å². The number of anilines is 1. The van der Waals surface area contributed by atoms with Gasteiger partial charge in [0.1, 0.15) is 12.4 Å². The molecule has 2 amide bonds. The second-order valence-electron chi connectivity index (χ2n) is 7.51. The maximum atomic E-state index is 12.4. The van der Waals surface area contributed by atoms with Crippen molar-refractivity contribution in [2.24, 2.45) is 0 Å². The molecular formula is C23H24N2O5. The Hall–Kier alpha value is -3.35. The molecule has 0 saturated carbocycles. The van der Waals surface area contributed by atoms with E-state index in [4.69, 9.17) is 9.47 Å². The lowest BCUT2D eigenvalue weighted by Crippen LogP contribution is -2.27. The van der Waals surface area contributed by atoms with E-state index in [2.05, 4.69) is 5.32 Å². The highest BCUT2D eigenvalue weighted by atomic mass is 16.6. The molecule has 1 fully saturated rings. The molecule has 7 heteroatoms. The minimum Gasteiger partial charge on any atom is -0.482 e. The smallest absolute Gasteiger partial charge is 0.344 e. The maximum absolute atomic E-state index is 12.4. The monoisotopic (exact) mass is 408 g/mol. The number of nitrogens with one attached hydrogen (secondary N) is 1. The summed E-state index contributed by atoms with van der Waals surface area (Å²) in [5.41, 5.74) is 3.24. The fourth-order valence-corrected chi connectivity index (χ4v) is 3.64. The number of ether oxygens (including phenoxy) is 2. The molecule has 0 aliphatic carbocycles. The van der Waals surface area contributed by atoms with E-state index in [0.29, 0.717) is 24.2 Å². The number of fused-ring (bicyclic) bond motifs is 1. The Bertz CT molecular complexity index is 949. The third-order valence-corrected chi connectivity index (χ3v) is 5.32. The van der Waals surface area contributed by atoms with Crippen molar-refractivity contribution < 1.29 is 23.9 Å². The number of hydrogen-bond acceptors (Lipinski definition) is 5. The topological polar surface area (TPSA) is 84.9 Å². The minimum absolute atomic E-state index is 0.00758. The molecular weight excluding hydrogens is 384 g/mol. The zero-order valence-electron chi connectivity index (χ0n) is 16.7. The van der Waals surface area contributed by atoms with Gasteiger partial charge in [-0.25, -0.2) is 4.79 Å². The van der Waals surface area contributed by atoms with Crippen molar-refractivity contribution >= 4 is 23.5 Å². The van der Waals surface area contributed by atoms with Crippen LogP contribution in [0.3, 0.4) is 0 Å². The van der Waals surface area contributed by atoms with E-state index in [-0.39, 0.29) is 25.0 Å². The third kappa shape index (κ3) is 4.79. The van der Waals surface area contributed by atoms with E-state index in [1.165, 1.54) is 0 Å². The van der Waals surface area contributed by atoms with Crippen molar-refractivity contribution in [3.63, 3.8) is 0 Å². The van der Waals surface area contributed by atoms with E-state index in [0.717, 1.165) is 42.7 Å². The van der Waals surface area contributed by atoms with Gasteiger partial charge in [-0.2, -0.15) is 0 Å². The van der Waals surface area contributed by atoms with Crippen molar-refractivity contribution in [3.05, 3.63) is 59.2 Å². The number of amides is 2. The lowest BCUT2D eigenvalue weighted by Gasteiger charge is -2.17. The van der Waals surface area contributed by atoms with Gasteiger partial charge in [0.05, 0.1) is 0 Å². The Balaban J connectivity index is 1.24. The number of benzene rings is 2. The molecule has 0 bridgehead atoms. The Morgan fingerprint density at radius 3 is 2.53 bits per heavy atom. The number of likely N-dealkylation sites (tertiary alicyclic amines) is 1. The predicted octanol–water partition coefficient (Wildman–Crippen LogP) is 2.93. The van der Waals surface area contributed by atoms with Crippen LogP contribution in [0, 0.1) is 0 Å². The number of rotatable bonds is 6. The summed E-state index contributed by atoms with van der Waals surface area (Å²) in [5.74, 6) is 0.145. The van der Waals surface area contributed by atoms with Crippen LogP contribution in [0.15, 0.2) is 42.5 Å². The lowest BCUT2D eigenvalue weighted by atomic mass is 10.0. The van der Waals surface area contributed by atoms with Crippen molar-refractivity contribution in [2.75, 3.05) is 25.0 Å². The summed E-state index contributed by atoms with van der Waals surface area (Å²) < 4.78 is 10.8. The van der Waals surface area contributed by atoms with Crippen molar-refractivity contribution in [2.45, 2.75) is 32.3 Å². The molecule has 2 aliphatic rings. The molecule has 2 aromatic rings. The Morgan fingerprint density at radius 2 is 1.77 bits per heavy atom. The van der Waals surface area contributed by atoms with E-state index in [1.54, 1.807) is 36.4 Å². The summed E-state index contributed by atoms with van der Waals surface area (Å²) in [6.45, 7) is 1.56. The molecule has 2 aromatic carbocycles. The van der Waals surface area contributed by atoms with Gasteiger partial charge in [0.2, 0.25) is 5.91 Å². The largest absolute Gasteiger partial charge is 0.482 e. The first-order valence-electron chi connectivity index (χ1n) is 10.2. The molecule has 0 atom stereocenters. The number of hydrogen-bond donors (Lipinski definition) is 1. The van der Waals surface area contributed by atoms with Crippen LogP contribution in [0.4, 0.5) is 5.69 Å². The van der Waals surface area contributed by atoms with Gasteiger partial charge in [0.25, 0.3) is 5.91 Å². The van der Waals surface area contributed by atoms with Gasteiger partial charge in [0.15, 0.2) is 6.61 Å². The van der Waals surface area contributed by atoms with Gasteiger partial charge in [-0.15, -0.1) is 0 Å². The summed E-state index contributed by atoms with van der Waals surface area (Å²) in [6, 6.07) is 12.5. The van der Waals surface area contributed by atoms with E-state index >= 15 is 0 Å². The van der Waals surface area contributed by atoms with Crippen molar-refractivity contribution in [1.29, 1.82) is 0 Å². The van der Waals surface area contributed by atoms with Gasteiger partial charge in [-0.05, 0) is 60.7 Å². The average Bonchev–Trinajstić information content (AvgIpc) is 3.31. The first-order chi connectivity index (χ1) is 14.6. The van der Waals surface area contributed by atoms with Crippen LogP contribution in [0.5, 0.6) is 5.75 Å². The van der Waals surface area contributed by atoms with Crippen LogP contribution in [-0.4, -0.2) is 42.4 Å². The molecule has 30 heavy (non-hydrogen) atoms. The lowest BCUT2D eigenvalue weighted by molar-refractivity contribution is -0.147. The number of carbonyl (C=O) groups is 3. The van der Waals surface area contributed by atoms with Gasteiger partial charge in [0, 0.05) is 30.8 Å². The molecule has 0 radical (unpaired) electrons. The first kappa shape index (κ1) is 19.9. The highest BCUT2D eigenvalue weighted by Gasteiger charge is 2.19. The summed E-state index contributed by atoms with van der Waals surface area (Å²) in [4.78, 5) is 37.6. The Kier molecular flexibility index (Phi) is 5.97. The van der Waals surface area contributed by atoms with E-state index < -0.39 is 5.97 Å². The zero-order chi connectivity index (χ0) is 20.9. The van der Waals surface area contributed by atoms with Crippen LogP contribution in [-0.2, 0) is 27.4 Å².